The van der Waals surface area contributed by atoms with Gasteiger partial charge in [-0.25, -0.2) is 0 Å². The predicted octanol–water partition coefficient (Wildman–Crippen LogP) is 12.0. The Morgan fingerprint density at radius 2 is 1.08 bits per heavy atom. The van der Waals surface area contributed by atoms with Gasteiger partial charge < -0.3 is 24.8 Å². The van der Waals surface area contributed by atoms with Gasteiger partial charge in [-0.1, -0.05) is 51.0 Å². The first-order valence-electron chi connectivity index (χ1n) is 25.1. The van der Waals surface area contributed by atoms with Gasteiger partial charge in [-0.3, -0.25) is 9.59 Å². The Morgan fingerprint density at radius 3 is 1.48 bits per heavy atom. The molecule has 0 aromatic carbocycles. The first kappa shape index (κ1) is 46.3. The second-order valence-electron chi connectivity index (χ2n) is 23.6. The number of rotatable bonds is 8. The molecule has 0 unspecified atom stereocenters. The fourth-order valence-corrected chi connectivity index (χ4v) is 16.4. The largest absolute Gasteiger partial charge is 0.481 e. The molecule has 0 radical (unpaired) electrons. The molecule has 9 rings (SSSR count). The predicted molar refractivity (Wildman–Crippen MR) is 239 cm³/mol. The Morgan fingerprint density at radius 1 is 0.633 bits per heavy atom. The standard InChI is InChI=1S/C25H40O3.C24H38O3.C4H8O/c1-23(27)14-15-25(3)18(16-23)8-10-19-20-11-9-17(6-5-7-22(26)28-4)24(20,2)13-12-21(19)25;1-22(27)13-14-24(3)17(15-22)7-9-18-19-10-8-16(5-4-6-21(25)26)23(19,2)12-11-20(18)24;1-2-4-5-3-1/h8,17,19-21,27H,5-7,9-16H2,1-4H3;7,16,18-20,27H,4-6,8-15H2,1-3H3,(H,25,26);1-4H2/t17-,19-,20-,21-,23-,24+,25-;16-,18-,19-,20-,22-,23+,24-;/m00./s1. The average Bonchev–Trinajstić information content (AvgIpc) is 3.96. The van der Waals surface area contributed by atoms with Crippen molar-refractivity contribution in [1.82, 2.24) is 0 Å². The first-order chi connectivity index (χ1) is 28.4. The Balaban J connectivity index is 0.000000162. The quantitative estimate of drug-likeness (QED) is 0.165. The van der Waals surface area contributed by atoms with Crippen LogP contribution in [0, 0.1) is 69.0 Å². The van der Waals surface area contributed by atoms with Crippen LogP contribution in [0.2, 0.25) is 0 Å². The SMILES string of the molecule is C1CCOC1.COC(=O)CCC[C@H]1CC[C@H]2[C@@H]3CC=C4C[C@@](C)(O)CC[C@]4(C)[C@H]3CC[C@]12C.C[C@]1(O)CC[C@@]2(C)C(=CC[C@H]3[C@@H]4CC[C@H](CCCC(=O)O)[C@@]4(C)CC[C@@H]32)C1. The fraction of sp³-hybridized carbons (Fsp3) is 0.887. The third kappa shape index (κ3) is 9.13. The van der Waals surface area contributed by atoms with Crippen LogP contribution in [0.4, 0.5) is 0 Å². The van der Waals surface area contributed by atoms with Gasteiger partial charge in [-0.2, -0.15) is 0 Å². The molecule has 0 amide bonds. The molecule has 1 aliphatic heterocycles. The summed E-state index contributed by atoms with van der Waals surface area (Å²) >= 11 is 0. The van der Waals surface area contributed by atoms with E-state index in [0.29, 0.717) is 40.4 Å². The number of hydrogen-bond acceptors (Lipinski definition) is 6. The molecular formula is C53H86O7. The Kier molecular flexibility index (Phi) is 13.9. The Labute approximate surface area is 364 Å². The van der Waals surface area contributed by atoms with Crippen molar-refractivity contribution in [3.05, 3.63) is 23.3 Å². The molecule has 7 fully saturated rings. The van der Waals surface area contributed by atoms with E-state index in [1.807, 2.05) is 13.8 Å². The summed E-state index contributed by atoms with van der Waals surface area (Å²) in [5.41, 5.74) is 3.58. The van der Waals surface area contributed by atoms with E-state index in [9.17, 15) is 19.8 Å². The second kappa shape index (κ2) is 18.1. The van der Waals surface area contributed by atoms with Crippen molar-refractivity contribution in [3.63, 3.8) is 0 Å². The maximum Gasteiger partial charge on any atom is 0.305 e. The van der Waals surface area contributed by atoms with Crippen LogP contribution in [-0.2, 0) is 19.1 Å². The zero-order chi connectivity index (χ0) is 43.1. The highest BCUT2D eigenvalue weighted by molar-refractivity contribution is 5.69. The Bertz CT molecular complexity index is 1580. The van der Waals surface area contributed by atoms with Crippen molar-refractivity contribution >= 4 is 11.9 Å². The minimum atomic E-state index is -0.649. The highest BCUT2D eigenvalue weighted by Gasteiger charge is 2.60. The molecule has 0 bridgehead atoms. The van der Waals surface area contributed by atoms with Crippen molar-refractivity contribution in [2.45, 2.75) is 207 Å². The van der Waals surface area contributed by atoms with E-state index in [0.717, 1.165) is 112 Å². The fourth-order valence-electron chi connectivity index (χ4n) is 16.4. The summed E-state index contributed by atoms with van der Waals surface area (Å²) in [6.07, 6.45) is 31.6. The molecular weight excluding hydrogens is 749 g/mol. The third-order valence-corrected chi connectivity index (χ3v) is 20.1. The molecule has 0 spiro atoms. The normalized spacial score (nSPS) is 46.2. The van der Waals surface area contributed by atoms with E-state index < -0.39 is 17.2 Å². The molecule has 0 aromatic rings. The van der Waals surface area contributed by atoms with E-state index in [1.54, 1.807) is 11.1 Å². The number of carbonyl (C=O) groups is 2. The molecule has 7 heteroatoms. The van der Waals surface area contributed by atoms with Gasteiger partial charge in [0.05, 0.1) is 18.3 Å². The van der Waals surface area contributed by atoms with Crippen molar-refractivity contribution in [1.29, 1.82) is 0 Å². The Hall–Kier alpha value is -1.70. The highest BCUT2D eigenvalue weighted by Crippen LogP contribution is 2.69. The van der Waals surface area contributed by atoms with Crippen molar-refractivity contribution in [2.75, 3.05) is 20.3 Å². The minimum absolute atomic E-state index is 0.0607. The number of aliphatic carboxylic acids is 1. The number of ether oxygens (including phenoxy) is 2. The van der Waals surface area contributed by atoms with E-state index in [-0.39, 0.29) is 5.97 Å². The topological polar surface area (TPSA) is 113 Å². The molecule has 1 saturated heterocycles. The van der Waals surface area contributed by atoms with Gasteiger partial charge in [0.1, 0.15) is 0 Å². The number of esters is 1. The molecule has 1 heterocycles. The summed E-state index contributed by atoms with van der Waals surface area (Å²) in [4.78, 5) is 22.4. The lowest BCUT2D eigenvalue weighted by atomic mass is 9.46. The number of carboxylic acids is 1. The number of carboxylic acid groups (broad SMARTS) is 1. The van der Waals surface area contributed by atoms with Gasteiger partial charge in [0.15, 0.2) is 0 Å². The lowest BCUT2D eigenvalue weighted by molar-refractivity contribution is -0.141. The second-order valence-corrected chi connectivity index (χ2v) is 23.6. The summed E-state index contributed by atoms with van der Waals surface area (Å²) < 4.78 is 9.77. The summed E-state index contributed by atoms with van der Waals surface area (Å²) in [5.74, 6) is 5.63. The molecule has 340 valence electrons. The van der Waals surface area contributed by atoms with Crippen LogP contribution >= 0.6 is 0 Å². The maximum atomic E-state index is 11.5. The minimum Gasteiger partial charge on any atom is -0.481 e. The van der Waals surface area contributed by atoms with Crippen LogP contribution in [-0.4, -0.2) is 58.8 Å². The van der Waals surface area contributed by atoms with Gasteiger partial charge in [0, 0.05) is 26.1 Å². The lowest BCUT2D eigenvalue weighted by Crippen LogP contribution is -2.51. The van der Waals surface area contributed by atoms with Crippen LogP contribution < -0.4 is 0 Å². The average molecular weight is 835 g/mol. The monoisotopic (exact) mass is 835 g/mol. The zero-order valence-corrected chi connectivity index (χ0v) is 39.1. The van der Waals surface area contributed by atoms with E-state index in [1.165, 1.54) is 90.6 Å². The summed E-state index contributed by atoms with van der Waals surface area (Å²) in [6.45, 7) is 16.1. The van der Waals surface area contributed by atoms with Crippen molar-refractivity contribution < 1.29 is 34.4 Å². The van der Waals surface area contributed by atoms with Crippen molar-refractivity contribution in [2.24, 2.45) is 69.0 Å². The van der Waals surface area contributed by atoms with Crippen LogP contribution in [0.3, 0.4) is 0 Å². The molecule has 9 aliphatic rings. The van der Waals surface area contributed by atoms with Crippen molar-refractivity contribution in [3.8, 4) is 0 Å². The molecule has 14 atom stereocenters. The molecule has 7 nitrogen and oxygen atoms in total. The smallest absolute Gasteiger partial charge is 0.305 e. The van der Waals surface area contributed by atoms with Gasteiger partial charge in [-0.15, -0.1) is 0 Å². The number of carbonyl (C=O) groups excluding carboxylic acids is 1. The van der Waals surface area contributed by atoms with E-state index >= 15 is 0 Å². The summed E-state index contributed by atoms with van der Waals surface area (Å²) in [5, 5.41) is 30.2. The zero-order valence-electron chi connectivity index (χ0n) is 39.1. The van der Waals surface area contributed by atoms with Crippen LogP contribution in [0.1, 0.15) is 196 Å². The summed E-state index contributed by atoms with van der Waals surface area (Å²) in [7, 11) is 1.49. The van der Waals surface area contributed by atoms with E-state index in [2.05, 4.69) is 39.8 Å². The lowest BCUT2D eigenvalue weighted by Gasteiger charge is -2.59. The van der Waals surface area contributed by atoms with Gasteiger partial charge in [-0.05, 0) is 224 Å². The highest BCUT2D eigenvalue weighted by atomic mass is 16.5. The molecule has 3 N–H and O–H groups in total. The molecule has 0 aromatic heterocycles. The van der Waals surface area contributed by atoms with Crippen LogP contribution in [0.25, 0.3) is 0 Å². The molecule has 8 aliphatic carbocycles. The van der Waals surface area contributed by atoms with Gasteiger partial charge in [0.25, 0.3) is 0 Å². The van der Waals surface area contributed by atoms with Crippen LogP contribution in [0.15, 0.2) is 23.3 Å². The number of allylic oxidation sites excluding steroid dienone is 2. The first-order valence-corrected chi connectivity index (χ1v) is 25.1. The molecule has 60 heavy (non-hydrogen) atoms. The number of methoxy groups -OCH3 is 1. The number of aliphatic hydroxyl groups is 2. The number of fused-ring (bicyclic) bond motifs is 10. The maximum absolute atomic E-state index is 11.5. The molecule has 6 saturated carbocycles. The summed E-state index contributed by atoms with van der Waals surface area (Å²) in [6, 6.07) is 0. The number of hydrogen-bond donors (Lipinski definition) is 3. The van der Waals surface area contributed by atoms with Gasteiger partial charge >= 0.3 is 11.9 Å². The van der Waals surface area contributed by atoms with E-state index in [4.69, 9.17) is 14.6 Å². The van der Waals surface area contributed by atoms with Crippen LogP contribution in [0.5, 0.6) is 0 Å². The third-order valence-electron chi connectivity index (χ3n) is 20.1. The van der Waals surface area contributed by atoms with Gasteiger partial charge in [0.2, 0.25) is 0 Å².